The summed E-state index contributed by atoms with van der Waals surface area (Å²) in [7, 11) is 1.57. The fourth-order valence-electron chi connectivity index (χ4n) is 1.39. The number of carbonyl (C=O) groups is 1. The largest absolute Gasteiger partial charge is 0.481 e. The zero-order valence-corrected chi connectivity index (χ0v) is 10.6. The number of hydrogen-bond donors (Lipinski definition) is 1. The van der Waals surface area contributed by atoms with Crippen LogP contribution in [0.15, 0.2) is 24.3 Å². The van der Waals surface area contributed by atoms with Crippen molar-refractivity contribution in [1.82, 2.24) is 5.32 Å². The molecule has 100 valence electrons. The van der Waals surface area contributed by atoms with E-state index in [1.807, 2.05) is 6.92 Å². The molecule has 0 heterocycles. The number of methoxy groups -OCH3 is 1. The number of hydrogen-bond acceptors (Lipinski definition) is 3. The molecule has 0 saturated heterocycles. The van der Waals surface area contributed by atoms with Crippen LogP contribution in [0.4, 0.5) is 4.39 Å². The number of benzene rings is 1. The second-order valence-corrected chi connectivity index (χ2v) is 3.75. The van der Waals surface area contributed by atoms with Gasteiger partial charge in [0.15, 0.2) is 6.10 Å². The highest BCUT2D eigenvalue weighted by atomic mass is 19.1. The molecule has 1 amide bonds. The van der Waals surface area contributed by atoms with Crippen molar-refractivity contribution in [3.8, 4) is 5.75 Å². The van der Waals surface area contributed by atoms with Crippen molar-refractivity contribution in [3.05, 3.63) is 30.1 Å². The van der Waals surface area contributed by atoms with Crippen LogP contribution in [0.3, 0.4) is 0 Å². The van der Waals surface area contributed by atoms with Crippen molar-refractivity contribution in [2.45, 2.75) is 19.4 Å². The van der Waals surface area contributed by atoms with Crippen molar-refractivity contribution in [2.75, 3.05) is 20.3 Å². The van der Waals surface area contributed by atoms with Gasteiger partial charge < -0.3 is 14.8 Å². The Morgan fingerprint density at radius 1 is 1.39 bits per heavy atom. The van der Waals surface area contributed by atoms with E-state index in [4.69, 9.17) is 9.47 Å². The Morgan fingerprint density at radius 2 is 2.06 bits per heavy atom. The summed E-state index contributed by atoms with van der Waals surface area (Å²) in [5.41, 5.74) is 0. The summed E-state index contributed by atoms with van der Waals surface area (Å²) in [5.74, 6) is -0.0519. The monoisotopic (exact) mass is 255 g/mol. The van der Waals surface area contributed by atoms with Gasteiger partial charge in [-0.3, -0.25) is 4.79 Å². The number of halogens is 1. The van der Waals surface area contributed by atoms with Crippen LogP contribution < -0.4 is 10.1 Å². The molecule has 0 fully saturated rings. The number of amides is 1. The van der Waals surface area contributed by atoms with Crippen LogP contribution in [0.25, 0.3) is 0 Å². The van der Waals surface area contributed by atoms with Gasteiger partial charge in [-0.25, -0.2) is 4.39 Å². The Morgan fingerprint density at radius 3 is 2.61 bits per heavy atom. The van der Waals surface area contributed by atoms with Crippen molar-refractivity contribution in [1.29, 1.82) is 0 Å². The summed E-state index contributed by atoms with van der Waals surface area (Å²) >= 11 is 0. The van der Waals surface area contributed by atoms with Crippen LogP contribution in [0.5, 0.6) is 5.75 Å². The lowest BCUT2D eigenvalue weighted by molar-refractivity contribution is -0.128. The van der Waals surface area contributed by atoms with Crippen LogP contribution in [0, 0.1) is 5.82 Å². The van der Waals surface area contributed by atoms with Gasteiger partial charge in [-0.15, -0.1) is 0 Å². The molecule has 1 rings (SSSR count). The van der Waals surface area contributed by atoms with Crippen molar-refractivity contribution < 1.29 is 18.7 Å². The fraction of sp³-hybridized carbons (Fsp3) is 0.462. The summed E-state index contributed by atoms with van der Waals surface area (Å²) in [6.45, 7) is 2.75. The topological polar surface area (TPSA) is 47.6 Å². The van der Waals surface area contributed by atoms with E-state index >= 15 is 0 Å². The first-order chi connectivity index (χ1) is 8.67. The van der Waals surface area contributed by atoms with E-state index in [1.54, 1.807) is 7.11 Å². The molecule has 1 atom stereocenters. The predicted molar refractivity (Wildman–Crippen MR) is 66.0 cm³/mol. The molecule has 1 aromatic rings. The summed E-state index contributed by atoms with van der Waals surface area (Å²) in [4.78, 5) is 11.8. The number of rotatable bonds is 7. The molecule has 0 aliphatic carbocycles. The van der Waals surface area contributed by atoms with Gasteiger partial charge >= 0.3 is 0 Å². The Kier molecular flexibility index (Phi) is 6.14. The molecule has 0 aliphatic rings. The van der Waals surface area contributed by atoms with Crippen molar-refractivity contribution in [3.63, 3.8) is 0 Å². The van der Waals surface area contributed by atoms with Crippen molar-refractivity contribution in [2.24, 2.45) is 0 Å². The average molecular weight is 255 g/mol. The minimum atomic E-state index is -0.577. The zero-order chi connectivity index (χ0) is 13.4. The highest BCUT2D eigenvalue weighted by Gasteiger charge is 2.17. The van der Waals surface area contributed by atoms with Gasteiger partial charge in [0.2, 0.25) is 0 Å². The summed E-state index contributed by atoms with van der Waals surface area (Å²) in [6, 6.07) is 5.59. The lowest BCUT2D eigenvalue weighted by atomic mass is 10.2. The Hall–Kier alpha value is -1.62. The average Bonchev–Trinajstić information content (AvgIpc) is 2.38. The van der Waals surface area contributed by atoms with E-state index in [2.05, 4.69) is 5.32 Å². The van der Waals surface area contributed by atoms with E-state index in [0.717, 1.165) is 0 Å². The second-order valence-electron chi connectivity index (χ2n) is 3.75. The van der Waals surface area contributed by atoms with Crippen LogP contribution in [-0.2, 0) is 9.53 Å². The van der Waals surface area contributed by atoms with Gasteiger partial charge in [-0.1, -0.05) is 6.92 Å². The maximum atomic E-state index is 12.7. The van der Waals surface area contributed by atoms with Gasteiger partial charge in [0.1, 0.15) is 11.6 Å². The van der Waals surface area contributed by atoms with E-state index in [0.29, 0.717) is 25.3 Å². The Balaban J connectivity index is 2.50. The van der Waals surface area contributed by atoms with Gasteiger partial charge in [0, 0.05) is 13.7 Å². The molecule has 4 nitrogen and oxygen atoms in total. The standard InChI is InChI=1S/C13H18FNO3/c1-3-12(13(16)15-8-9-17-2)18-11-6-4-10(14)5-7-11/h4-7,12H,3,8-9H2,1-2H3,(H,15,16). The van der Waals surface area contributed by atoms with E-state index in [1.165, 1.54) is 24.3 Å². The SMILES string of the molecule is CCC(Oc1ccc(F)cc1)C(=O)NCCOC. The van der Waals surface area contributed by atoms with Crippen LogP contribution in [0.2, 0.25) is 0 Å². The molecule has 18 heavy (non-hydrogen) atoms. The second kappa shape index (κ2) is 7.66. The molecule has 0 aromatic heterocycles. The van der Waals surface area contributed by atoms with E-state index in [9.17, 15) is 9.18 Å². The quantitative estimate of drug-likeness (QED) is 0.755. The number of carbonyl (C=O) groups excluding carboxylic acids is 1. The lowest BCUT2D eigenvalue weighted by Crippen LogP contribution is -2.39. The first kappa shape index (κ1) is 14.4. The molecule has 0 saturated carbocycles. The maximum absolute atomic E-state index is 12.7. The van der Waals surface area contributed by atoms with Gasteiger partial charge in [-0.2, -0.15) is 0 Å². The third kappa shape index (κ3) is 4.71. The third-order valence-electron chi connectivity index (χ3n) is 2.36. The van der Waals surface area contributed by atoms with Crippen LogP contribution in [-0.4, -0.2) is 32.3 Å². The van der Waals surface area contributed by atoms with Crippen LogP contribution >= 0.6 is 0 Å². The minimum absolute atomic E-state index is 0.195. The van der Waals surface area contributed by atoms with E-state index < -0.39 is 6.10 Å². The van der Waals surface area contributed by atoms with Gasteiger partial charge in [-0.05, 0) is 30.7 Å². The smallest absolute Gasteiger partial charge is 0.261 e. The predicted octanol–water partition coefficient (Wildman–Crippen LogP) is 1.75. The van der Waals surface area contributed by atoms with E-state index in [-0.39, 0.29) is 11.7 Å². The Labute approximate surface area is 106 Å². The highest BCUT2D eigenvalue weighted by molar-refractivity contribution is 5.81. The molecular formula is C13H18FNO3. The number of nitrogens with one attached hydrogen (secondary N) is 1. The summed E-state index contributed by atoms with van der Waals surface area (Å²) in [5, 5.41) is 2.70. The van der Waals surface area contributed by atoms with Crippen molar-refractivity contribution >= 4 is 5.91 Å². The molecule has 0 radical (unpaired) electrons. The fourth-order valence-corrected chi connectivity index (χ4v) is 1.39. The molecule has 1 N–H and O–H groups in total. The normalized spacial score (nSPS) is 11.9. The molecule has 0 spiro atoms. The maximum Gasteiger partial charge on any atom is 0.261 e. The van der Waals surface area contributed by atoms with Gasteiger partial charge in [0.25, 0.3) is 5.91 Å². The molecule has 0 aliphatic heterocycles. The summed E-state index contributed by atoms with van der Waals surface area (Å²) in [6.07, 6.45) is -0.0387. The zero-order valence-electron chi connectivity index (χ0n) is 10.6. The molecule has 1 unspecified atom stereocenters. The lowest BCUT2D eigenvalue weighted by Gasteiger charge is -2.17. The van der Waals surface area contributed by atoms with Crippen LogP contribution in [0.1, 0.15) is 13.3 Å². The summed E-state index contributed by atoms with van der Waals surface area (Å²) < 4.78 is 23.1. The number of ether oxygens (including phenoxy) is 2. The Bertz CT molecular complexity index is 367. The minimum Gasteiger partial charge on any atom is -0.481 e. The first-order valence-corrected chi connectivity index (χ1v) is 5.86. The molecule has 1 aromatic carbocycles. The highest BCUT2D eigenvalue weighted by Crippen LogP contribution is 2.14. The molecule has 0 bridgehead atoms. The first-order valence-electron chi connectivity index (χ1n) is 5.86. The third-order valence-corrected chi connectivity index (χ3v) is 2.36. The molecular weight excluding hydrogens is 237 g/mol. The molecule has 5 heteroatoms. The van der Waals surface area contributed by atoms with Gasteiger partial charge in [0.05, 0.1) is 6.61 Å².